The number of methoxy groups -OCH3 is 1. The Kier molecular flexibility index (Phi) is 15.3. The first kappa shape index (κ1) is 48.0. The Morgan fingerprint density at radius 1 is 0.847 bits per heavy atom. The first-order chi connectivity index (χ1) is 27.7. The third kappa shape index (κ3) is 9.37. The molecule has 2 aromatic carbocycles. The number of Topliss-reactive ketones (excluding diaryl/α,β-unsaturated/α-hetero) is 1. The Morgan fingerprint density at radius 2 is 1.41 bits per heavy atom. The smallest absolute Gasteiger partial charge is 0.261 e. The molecule has 3 aliphatic heterocycles. The lowest BCUT2D eigenvalue weighted by molar-refractivity contribution is -0.332. The lowest BCUT2D eigenvalue weighted by Gasteiger charge is -2.49. The molecule has 0 N–H and O–H groups in total. The van der Waals surface area contributed by atoms with Crippen LogP contribution in [0, 0.1) is 23.2 Å². The van der Waals surface area contributed by atoms with Gasteiger partial charge in [0.1, 0.15) is 11.9 Å². The van der Waals surface area contributed by atoms with Gasteiger partial charge >= 0.3 is 0 Å². The van der Waals surface area contributed by atoms with Gasteiger partial charge < -0.3 is 32.5 Å². The summed E-state index contributed by atoms with van der Waals surface area (Å²) in [4.78, 5) is 14.4. The largest absolute Gasteiger partial charge is 0.410 e. The van der Waals surface area contributed by atoms with E-state index >= 15 is 0 Å². The number of hydrogen-bond acceptors (Lipinski definition) is 8. The van der Waals surface area contributed by atoms with Crippen molar-refractivity contribution in [3.8, 4) is 0 Å². The second kappa shape index (κ2) is 18.8. The van der Waals surface area contributed by atoms with Gasteiger partial charge in [0.2, 0.25) is 0 Å². The molecule has 0 radical (unpaired) electrons. The molecule has 59 heavy (non-hydrogen) atoms. The predicted octanol–water partition coefficient (Wildman–Crippen LogP) is 9.84. The fourth-order valence-electron chi connectivity index (χ4n) is 10.4. The van der Waals surface area contributed by atoms with Crippen LogP contribution >= 0.6 is 0 Å². The molecule has 5 rings (SSSR count). The van der Waals surface area contributed by atoms with E-state index in [2.05, 4.69) is 136 Å². The van der Waals surface area contributed by atoms with Gasteiger partial charge in [-0.25, -0.2) is 0 Å². The van der Waals surface area contributed by atoms with Crippen molar-refractivity contribution < 1.29 is 37.3 Å². The topological polar surface area (TPSA) is 81.7 Å². The molecule has 0 amide bonds. The van der Waals surface area contributed by atoms with Gasteiger partial charge in [0.05, 0.1) is 36.9 Å². The highest BCUT2D eigenvalue weighted by atomic mass is 28.4. The van der Waals surface area contributed by atoms with Crippen LogP contribution in [0.2, 0.25) is 23.2 Å². The van der Waals surface area contributed by atoms with E-state index in [9.17, 15) is 4.79 Å². The van der Waals surface area contributed by atoms with E-state index in [0.717, 1.165) is 18.1 Å². The Labute approximate surface area is 359 Å². The van der Waals surface area contributed by atoms with Crippen LogP contribution < -0.4 is 10.4 Å². The Bertz CT molecular complexity index is 1630. The molecule has 3 fully saturated rings. The lowest BCUT2D eigenvalue weighted by Crippen LogP contribution is -2.66. The van der Waals surface area contributed by atoms with E-state index in [1.807, 2.05) is 26.8 Å². The van der Waals surface area contributed by atoms with Crippen molar-refractivity contribution in [2.24, 2.45) is 23.2 Å². The number of carbonyl (C=O) groups is 1. The molecule has 3 aliphatic rings. The van der Waals surface area contributed by atoms with Crippen molar-refractivity contribution in [3.63, 3.8) is 0 Å². The molecule has 2 aromatic rings. The van der Waals surface area contributed by atoms with E-state index in [1.165, 1.54) is 10.4 Å². The molecule has 8 nitrogen and oxygen atoms in total. The Hall–Kier alpha value is -2.00. The minimum atomic E-state index is -2.80. The fraction of sp³-hybridized carbons (Fsp3) is 0.694. The first-order valence-electron chi connectivity index (χ1n) is 22.5. The average Bonchev–Trinajstić information content (AvgIpc) is 3.40. The van der Waals surface area contributed by atoms with E-state index in [4.69, 9.17) is 32.5 Å². The molecule has 0 bridgehead atoms. The molecule has 330 valence electrons. The van der Waals surface area contributed by atoms with Gasteiger partial charge in [-0.3, -0.25) is 4.79 Å². The molecule has 0 saturated carbocycles. The summed E-state index contributed by atoms with van der Waals surface area (Å²) in [6.07, 6.45) is 1.30. The molecule has 3 heterocycles. The maximum absolute atomic E-state index is 14.4. The zero-order valence-corrected chi connectivity index (χ0v) is 41.0. The summed E-state index contributed by atoms with van der Waals surface area (Å²) in [5.74, 6) is -1.97. The molecule has 3 saturated heterocycles. The second-order valence-electron chi connectivity index (χ2n) is 19.8. The van der Waals surface area contributed by atoms with E-state index in [-0.39, 0.29) is 53.3 Å². The van der Waals surface area contributed by atoms with Gasteiger partial charge in [0.25, 0.3) is 8.32 Å². The molecular formula is C49H78O8Si2. The molecule has 0 aliphatic carbocycles. The Balaban J connectivity index is 1.50. The number of ketones is 1. The van der Waals surface area contributed by atoms with E-state index in [0.29, 0.717) is 19.4 Å². The highest BCUT2D eigenvalue weighted by Gasteiger charge is 2.68. The molecule has 1 spiro atoms. The van der Waals surface area contributed by atoms with Crippen LogP contribution in [0.25, 0.3) is 0 Å². The summed E-state index contributed by atoms with van der Waals surface area (Å²) >= 11 is 0. The van der Waals surface area contributed by atoms with Gasteiger partial charge in [-0.2, -0.15) is 0 Å². The van der Waals surface area contributed by atoms with Gasteiger partial charge in [0.15, 0.2) is 19.9 Å². The van der Waals surface area contributed by atoms with Crippen molar-refractivity contribution in [1.82, 2.24) is 0 Å². The zero-order valence-electron chi connectivity index (χ0n) is 39.0. The number of hydrogen-bond donors (Lipinski definition) is 0. The lowest BCUT2D eigenvalue weighted by atomic mass is 9.73. The molecule has 0 unspecified atom stereocenters. The zero-order chi connectivity index (χ0) is 43.6. The van der Waals surface area contributed by atoms with Gasteiger partial charge in [-0.05, 0) is 53.8 Å². The maximum Gasteiger partial charge on any atom is 0.261 e. The van der Waals surface area contributed by atoms with Crippen LogP contribution in [-0.2, 0) is 37.3 Å². The first-order valence-corrected chi connectivity index (χ1v) is 27.0. The number of benzene rings is 2. The predicted molar refractivity (Wildman–Crippen MR) is 243 cm³/mol. The summed E-state index contributed by atoms with van der Waals surface area (Å²) < 4.78 is 49.2. The highest BCUT2D eigenvalue weighted by Crippen LogP contribution is 2.56. The van der Waals surface area contributed by atoms with E-state index < -0.39 is 51.9 Å². The maximum atomic E-state index is 14.4. The average molecular weight is 851 g/mol. The summed E-state index contributed by atoms with van der Waals surface area (Å²) in [5.41, 5.74) is -0.694. The molecular weight excluding hydrogens is 773 g/mol. The standard InChI is InChI=1S/C49H78O8Si2/c1-16-34(5)43-36(7)41(53-48(13,14)55-43)32-42(51-15)44-45(57-58(17-2,18-3)19-4)47(11,12)49(56-44)33-39(50)35(6)40(54-49)30-31-52-59(46(8,9)10,37-26-22-20-23-27-37)38-28-24-21-25-29-38/h16,20-29,34-36,40-45H,1,17-19,30-33H2,2-15H3/t34-,35+,36+,40+,41+,42+,43-,44-,45+,49+/m1/s1. The normalized spacial score (nSPS) is 30.9. The van der Waals surface area contributed by atoms with Crippen LogP contribution in [0.15, 0.2) is 73.3 Å². The summed E-state index contributed by atoms with van der Waals surface area (Å²) in [5, 5.41) is 2.28. The summed E-state index contributed by atoms with van der Waals surface area (Å²) in [7, 11) is -3.25. The van der Waals surface area contributed by atoms with Crippen LogP contribution in [0.4, 0.5) is 0 Å². The second-order valence-corrected chi connectivity index (χ2v) is 28.9. The van der Waals surface area contributed by atoms with Crippen LogP contribution in [0.1, 0.15) is 109 Å². The summed E-state index contributed by atoms with van der Waals surface area (Å²) in [6.45, 7) is 32.8. The van der Waals surface area contributed by atoms with Crippen LogP contribution in [0.5, 0.6) is 0 Å². The highest BCUT2D eigenvalue weighted by molar-refractivity contribution is 6.99. The van der Waals surface area contributed by atoms with Crippen LogP contribution in [-0.4, -0.2) is 84.3 Å². The minimum absolute atomic E-state index is 0.0639. The summed E-state index contributed by atoms with van der Waals surface area (Å²) in [6, 6.07) is 24.3. The van der Waals surface area contributed by atoms with Gasteiger partial charge in [0, 0.05) is 43.3 Å². The fourth-order valence-corrected chi connectivity index (χ4v) is 17.9. The molecule has 10 heteroatoms. The molecule has 0 aromatic heterocycles. The monoisotopic (exact) mass is 851 g/mol. The van der Waals surface area contributed by atoms with Crippen molar-refractivity contribution in [3.05, 3.63) is 73.3 Å². The quantitative estimate of drug-likeness (QED) is 0.115. The molecule has 10 atom stereocenters. The SMILES string of the molecule is C=C[C@@H](C)[C@H]1OC(C)(C)O[C@@H](C[C@H](OC)[C@H]2O[C@@]3(CC(=O)[C@H](C)[C@H](CCO[Si](c4ccccc4)(c4ccccc4)C(C)(C)C)O3)C(C)(C)[C@H]2O[Si](CC)(CC)CC)[C@@H]1C. The van der Waals surface area contributed by atoms with Gasteiger partial charge in [-0.1, -0.05) is 143 Å². The van der Waals surface area contributed by atoms with Crippen molar-refractivity contribution >= 4 is 32.8 Å². The van der Waals surface area contributed by atoms with Gasteiger partial charge in [-0.15, -0.1) is 6.58 Å². The minimum Gasteiger partial charge on any atom is -0.410 e. The van der Waals surface area contributed by atoms with Crippen molar-refractivity contribution in [2.75, 3.05) is 13.7 Å². The number of carbonyl (C=O) groups excluding carboxylic acids is 1. The Morgan fingerprint density at radius 3 is 1.90 bits per heavy atom. The third-order valence-electron chi connectivity index (χ3n) is 14.6. The van der Waals surface area contributed by atoms with Crippen molar-refractivity contribution in [1.29, 1.82) is 0 Å². The third-order valence-corrected chi connectivity index (χ3v) is 24.2. The number of rotatable bonds is 17. The van der Waals surface area contributed by atoms with Crippen molar-refractivity contribution in [2.45, 2.75) is 181 Å². The van der Waals surface area contributed by atoms with E-state index in [1.54, 1.807) is 7.11 Å². The number of ether oxygens (including phenoxy) is 5. The van der Waals surface area contributed by atoms with Crippen LogP contribution in [0.3, 0.4) is 0 Å².